The number of aromatic nitrogens is 4. The van der Waals surface area contributed by atoms with Crippen LogP contribution in [0.25, 0.3) is 22.0 Å². The van der Waals surface area contributed by atoms with Crippen LogP contribution in [0.15, 0.2) is 42.9 Å². The van der Waals surface area contributed by atoms with E-state index in [1.165, 1.54) is 11.9 Å². The molecule has 0 saturated carbocycles. The minimum absolute atomic E-state index is 0.112. The van der Waals surface area contributed by atoms with Crippen molar-refractivity contribution >= 4 is 22.6 Å². The van der Waals surface area contributed by atoms with Crippen molar-refractivity contribution in [3.63, 3.8) is 0 Å². The lowest BCUT2D eigenvalue weighted by Crippen LogP contribution is -2.49. The number of rotatable bonds is 4. The van der Waals surface area contributed by atoms with Gasteiger partial charge in [0.15, 0.2) is 0 Å². The Morgan fingerprint density at radius 1 is 1.25 bits per heavy atom. The molecule has 0 spiro atoms. The Bertz CT molecular complexity index is 1150. The second-order valence-electron chi connectivity index (χ2n) is 9.26. The molecule has 2 N–H and O–H groups in total. The maximum atomic E-state index is 13.7. The van der Waals surface area contributed by atoms with E-state index in [1.54, 1.807) is 23.3 Å². The van der Waals surface area contributed by atoms with Crippen molar-refractivity contribution in [2.24, 2.45) is 5.41 Å². The predicted molar refractivity (Wildman–Crippen MR) is 119 cm³/mol. The monoisotopic (exact) mass is 436 g/mol. The third-order valence-corrected chi connectivity index (χ3v) is 5.90. The highest BCUT2D eigenvalue weighted by Gasteiger charge is 2.45. The van der Waals surface area contributed by atoms with Crippen LogP contribution >= 0.6 is 0 Å². The van der Waals surface area contributed by atoms with E-state index < -0.39 is 23.6 Å². The highest BCUT2D eigenvalue weighted by atomic mass is 16.3. The number of likely N-dealkylation sites (tertiary alicyclic amines) is 1. The van der Waals surface area contributed by atoms with E-state index >= 15 is 0 Å². The van der Waals surface area contributed by atoms with Crippen LogP contribution in [0.3, 0.4) is 0 Å². The molecule has 1 aromatic carbocycles. The van der Waals surface area contributed by atoms with Gasteiger partial charge in [-0.3, -0.25) is 14.6 Å². The van der Waals surface area contributed by atoms with Gasteiger partial charge in [0.05, 0.1) is 12.3 Å². The van der Waals surface area contributed by atoms with Crippen molar-refractivity contribution in [2.75, 3.05) is 13.6 Å². The minimum atomic E-state index is -0.738. The Morgan fingerprint density at radius 2 is 2.03 bits per heavy atom. The molecule has 1 fully saturated rings. The molecular weight excluding hydrogens is 408 g/mol. The number of carbonyl (C=O) groups is 2. The van der Waals surface area contributed by atoms with Crippen LogP contribution in [0, 0.1) is 5.41 Å². The van der Waals surface area contributed by atoms with Gasteiger partial charge in [0.1, 0.15) is 17.8 Å². The summed E-state index contributed by atoms with van der Waals surface area (Å²) in [7, 11) is 1.53. The van der Waals surface area contributed by atoms with E-state index in [9.17, 15) is 14.7 Å². The smallest absolute Gasteiger partial charge is 0.248 e. The van der Waals surface area contributed by atoms with Crippen LogP contribution in [-0.2, 0) is 9.59 Å². The molecule has 2 aromatic heterocycles. The van der Waals surface area contributed by atoms with Gasteiger partial charge in [-0.15, -0.1) is 5.10 Å². The Kier molecular flexibility index (Phi) is 5.68. The summed E-state index contributed by atoms with van der Waals surface area (Å²) in [5.74, 6) is -0.549. The third kappa shape index (κ3) is 3.95. The molecule has 1 aliphatic rings. The summed E-state index contributed by atoms with van der Waals surface area (Å²) in [5.41, 5.74) is 1.04. The SMILES string of the molecule is CNC(=O)[C@H]1CC(O)CN1C(=O)C(n1cc(-c2cccc3cnccc23)nn1)C(C)(C)C. The van der Waals surface area contributed by atoms with Gasteiger partial charge in [0.2, 0.25) is 11.8 Å². The molecule has 1 aliphatic heterocycles. The van der Waals surface area contributed by atoms with Crippen LogP contribution in [-0.4, -0.2) is 67.5 Å². The molecule has 2 amide bonds. The summed E-state index contributed by atoms with van der Waals surface area (Å²) >= 11 is 0. The number of nitrogens with one attached hydrogen (secondary N) is 1. The minimum Gasteiger partial charge on any atom is -0.391 e. The van der Waals surface area contributed by atoms with Gasteiger partial charge in [-0.2, -0.15) is 0 Å². The quantitative estimate of drug-likeness (QED) is 0.645. The number of hydrogen-bond acceptors (Lipinski definition) is 6. The van der Waals surface area contributed by atoms with E-state index in [-0.39, 0.29) is 24.8 Å². The van der Waals surface area contributed by atoms with Crippen LogP contribution in [0.1, 0.15) is 33.2 Å². The zero-order valence-corrected chi connectivity index (χ0v) is 18.7. The molecule has 32 heavy (non-hydrogen) atoms. The van der Waals surface area contributed by atoms with E-state index in [4.69, 9.17) is 0 Å². The Balaban J connectivity index is 1.72. The summed E-state index contributed by atoms with van der Waals surface area (Å²) in [6.45, 7) is 5.95. The van der Waals surface area contributed by atoms with Crippen LogP contribution in [0.4, 0.5) is 0 Å². The number of β-amino-alcohol motifs (C(OH)–C–C–N with tert-alkyl or cyclic N) is 1. The first-order chi connectivity index (χ1) is 15.2. The van der Waals surface area contributed by atoms with E-state index in [0.717, 1.165) is 16.3 Å². The molecule has 4 rings (SSSR count). The normalized spacial score (nSPS) is 19.8. The molecule has 9 heteroatoms. The second-order valence-corrected chi connectivity index (χ2v) is 9.26. The number of aliphatic hydroxyl groups excluding tert-OH is 1. The zero-order chi connectivity index (χ0) is 23.0. The number of pyridine rings is 1. The maximum absolute atomic E-state index is 13.7. The molecule has 3 heterocycles. The molecule has 3 aromatic rings. The summed E-state index contributed by atoms with van der Waals surface area (Å²) < 4.78 is 1.57. The van der Waals surface area contributed by atoms with Gasteiger partial charge in [-0.1, -0.05) is 44.2 Å². The molecule has 0 aliphatic carbocycles. The number of fused-ring (bicyclic) bond motifs is 1. The van der Waals surface area contributed by atoms with Crippen molar-refractivity contribution in [1.82, 2.24) is 30.2 Å². The molecule has 168 valence electrons. The van der Waals surface area contributed by atoms with Crippen molar-refractivity contribution in [3.8, 4) is 11.3 Å². The summed E-state index contributed by atoms with van der Waals surface area (Å²) in [5, 5.41) is 23.4. The average molecular weight is 437 g/mol. The fourth-order valence-electron chi connectivity index (χ4n) is 4.38. The third-order valence-electron chi connectivity index (χ3n) is 5.90. The summed E-state index contributed by atoms with van der Waals surface area (Å²) in [6, 6.07) is 6.40. The van der Waals surface area contributed by atoms with E-state index in [1.807, 2.05) is 45.0 Å². The Morgan fingerprint density at radius 3 is 2.75 bits per heavy atom. The number of nitrogens with zero attached hydrogens (tertiary/aromatic N) is 5. The molecule has 0 bridgehead atoms. The lowest BCUT2D eigenvalue weighted by molar-refractivity contribution is -0.144. The van der Waals surface area contributed by atoms with Gasteiger partial charge in [-0.05, 0) is 16.9 Å². The zero-order valence-electron chi connectivity index (χ0n) is 18.7. The number of amides is 2. The van der Waals surface area contributed by atoms with Gasteiger partial charge < -0.3 is 15.3 Å². The first-order valence-electron chi connectivity index (χ1n) is 10.7. The predicted octanol–water partition coefficient (Wildman–Crippen LogP) is 1.79. The van der Waals surface area contributed by atoms with Gasteiger partial charge in [0.25, 0.3) is 0 Å². The second kappa shape index (κ2) is 8.31. The average Bonchev–Trinajstić information content (AvgIpc) is 3.38. The molecule has 3 atom stereocenters. The lowest BCUT2D eigenvalue weighted by atomic mass is 9.85. The summed E-state index contributed by atoms with van der Waals surface area (Å²) in [4.78, 5) is 31.6. The van der Waals surface area contributed by atoms with Gasteiger partial charge in [-0.25, -0.2) is 4.68 Å². The number of carbonyl (C=O) groups excluding carboxylic acids is 2. The van der Waals surface area contributed by atoms with Crippen LogP contribution in [0.5, 0.6) is 0 Å². The first-order valence-corrected chi connectivity index (χ1v) is 10.7. The molecular formula is C23H28N6O3. The van der Waals surface area contributed by atoms with Crippen LogP contribution in [0.2, 0.25) is 0 Å². The fourth-order valence-corrected chi connectivity index (χ4v) is 4.38. The van der Waals surface area contributed by atoms with Crippen molar-refractivity contribution in [3.05, 3.63) is 42.9 Å². The fraction of sp³-hybridized carbons (Fsp3) is 0.435. The lowest BCUT2D eigenvalue weighted by Gasteiger charge is -2.34. The number of aliphatic hydroxyl groups is 1. The molecule has 2 unspecified atom stereocenters. The maximum Gasteiger partial charge on any atom is 0.248 e. The number of likely N-dealkylation sites (N-methyl/N-ethyl adjacent to an activating group) is 1. The van der Waals surface area contributed by atoms with Crippen LogP contribution < -0.4 is 5.32 Å². The summed E-state index contributed by atoms with van der Waals surface area (Å²) in [6.07, 6.45) is 4.77. The molecule has 0 radical (unpaired) electrons. The number of hydrogen-bond donors (Lipinski definition) is 2. The van der Waals surface area contributed by atoms with E-state index in [0.29, 0.717) is 5.69 Å². The highest BCUT2D eigenvalue weighted by molar-refractivity contribution is 5.95. The highest BCUT2D eigenvalue weighted by Crippen LogP contribution is 2.35. The standard InChI is InChI=1S/C23H28N6O3/c1-23(2,3)20(22(32)28-12-15(30)10-19(28)21(31)24-4)29-13-18(26-27-29)17-7-5-6-14-11-25-9-8-16(14)17/h5-9,11,13,15,19-20,30H,10,12H2,1-4H3,(H,24,31)/t15?,19-,20?/m1/s1. The topological polar surface area (TPSA) is 113 Å². The van der Waals surface area contributed by atoms with Gasteiger partial charge >= 0.3 is 0 Å². The van der Waals surface area contributed by atoms with Crippen molar-refractivity contribution in [2.45, 2.75) is 45.4 Å². The van der Waals surface area contributed by atoms with E-state index in [2.05, 4.69) is 20.6 Å². The molecule has 1 saturated heterocycles. The number of benzene rings is 1. The van der Waals surface area contributed by atoms with Gasteiger partial charge in [0, 0.05) is 43.4 Å². The Labute approximate surface area is 186 Å². The van der Waals surface area contributed by atoms with Crippen molar-refractivity contribution < 1.29 is 14.7 Å². The first kappa shape index (κ1) is 21.9. The Hall–Kier alpha value is -3.33. The van der Waals surface area contributed by atoms with Crippen molar-refractivity contribution in [1.29, 1.82) is 0 Å². The largest absolute Gasteiger partial charge is 0.391 e. The molecule has 9 nitrogen and oxygen atoms in total.